The number of benzene rings is 2. The second kappa shape index (κ2) is 8.00. The van der Waals surface area contributed by atoms with Crippen molar-refractivity contribution in [3.8, 4) is 0 Å². The second-order valence-electron chi connectivity index (χ2n) is 8.43. The summed E-state index contributed by atoms with van der Waals surface area (Å²) in [6.45, 7) is 6.46. The summed E-state index contributed by atoms with van der Waals surface area (Å²) in [5, 5.41) is 20.9. The van der Waals surface area contributed by atoms with Gasteiger partial charge in [0.25, 0.3) is 8.32 Å². The molecule has 1 fully saturated rings. The molecule has 1 saturated heterocycles. The van der Waals surface area contributed by atoms with E-state index in [0.717, 1.165) is 15.3 Å². The topological polar surface area (TPSA) is 87.1 Å². The Hall–Kier alpha value is -2.64. The Balaban J connectivity index is 2.10. The number of hydrogen-bond acceptors (Lipinski definition) is 3. The van der Waals surface area contributed by atoms with Crippen LogP contribution >= 0.6 is 0 Å². The van der Waals surface area contributed by atoms with Crippen molar-refractivity contribution in [2.45, 2.75) is 44.4 Å². The maximum Gasteiger partial charge on any atom is 0.408 e. The molecule has 7 heteroatoms. The van der Waals surface area contributed by atoms with Gasteiger partial charge < -0.3 is 14.6 Å². The van der Waals surface area contributed by atoms with Crippen molar-refractivity contribution in [3.05, 3.63) is 60.7 Å². The molecule has 2 aromatic carbocycles. The molecule has 0 aliphatic carbocycles. The van der Waals surface area contributed by atoms with Crippen LogP contribution in [0.5, 0.6) is 0 Å². The van der Waals surface area contributed by atoms with E-state index in [-0.39, 0.29) is 18.0 Å². The van der Waals surface area contributed by atoms with E-state index in [4.69, 9.17) is 4.43 Å². The number of rotatable bonds is 5. The zero-order valence-corrected chi connectivity index (χ0v) is 17.9. The number of likely N-dealkylation sites (tertiary alicyclic amines) is 1. The van der Waals surface area contributed by atoms with E-state index >= 15 is 0 Å². The Kier molecular flexibility index (Phi) is 5.82. The number of hydrogen-bond donors (Lipinski definition) is 2. The molecule has 2 N–H and O–H groups in total. The molecule has 29 heavy (non-hydrogen) atoms. The monoisotopic (exact) mass is 413 g/mol. The van der Waals surface area contributed by atoms with E-state index in [1.54, 1.807) is 0 Å². The third-order valence-electron chi connectivity index (χ3n) is 5.55. The average molecular weight is 414 g/mol. The van der Waals surface area contributed by atoms with Crippen LogP contribution in [0.25, 0.3) is 0 Å². The molecule has 2 aromatic rings. The minimum atomic E-state index is -2.86. The minimum Gasteiger partial charge on any atom is -0.480 e. The van der Waals surface area contributed by atoms with Gasteiger partial charge in [-0.05, 0) is 15.4 Å². The highest BCUT2D eigenvalue weighted by atomic mass is 28.4. The highest BCUT2D eigenvalue weighted by Crippen LogP contribution is 2.39. The molecular formula is C22H27NO5Si. The highest BCUT2D eigenvalue weighted by Gasteiger charge is 2.53. The van der Waals surface area contributed by atoms with E-state index in [2.05, 4.69) is 45.0 Å². The molecule has 154 valence electrons. The molecule has 0 bridgehead atoms. The molecule has 1 heterocycles. The fraction of sp³-hybridized carbons (Fsp3) is 0.364. The zero-order valence-electron chi connectivity index (χ0n) is 16.9. The summed E-state index contributed by atoms with van der Waals surface area (Å²) in [7, 11) is -2.86. The second-order valence-corrected chi connectivity index (χ2v) is 12.7. The number of carboxylic acids is 1. The van der Waals surface area contributed by atoms with E-state index in [0.29, 0.717) is 0 Å². The maximum absolute atomic E-state index is 11.6. The minimum absolute atomic E-state index is 0.0524. The van der Waals surface area contributed by atoms with Crippen molar-refractivity contribution >= 4 is 30.8 Å². The predicted octanol–water partition coefficient (Wildman–Crippen LogP) is 2.77. The lowest BCUT2D eigenvalue weighted by atomic mass is 10.2. The molecule has 1 aliphatic heterocycles. The number of aliphatic carboxylic acids is 1. The van der Waals surface area contributed by atoms with Crippen molar-refractivity contribution in [3.63, 3.8) is 0 Å². The van der Waals surface area contributed by atoms with Gasteiger partial charge in [-0.2, -0.15) is 0 Å². The van der Waals surface area contributed by atoms with Crippen LogP contribution in [0.1, 0.15) is 27.2 Å². The van der Waals surface area contributed by atoms with Crippen molar-refractivity contribution < 1.29 is 24.2 Å². The summed E-state index contributed by atoms with van der Waals surface area (Å²) in [5.74, 6) is -1.14. The standard InChI is InChI=1S/C22H27NO5Si/c1-22(2,3)29(17-10-6-4-7-11-17,18-12-8-5-9-13-18)28-16-14-19(20(24)25)23(15-16)21(26)27/h4-13,16,19H,14-15H2,1-3H3,(H,24,25)(H,26,27)/t16-,19-/m1/s1. The molecule has 0 radical (unpaired) electrons. The number of carbonyl (C=O) groups is 2. The lowest BCUT2D eigenvalue weighted by Crippen LogP contribution is -2.67. The smallest absolute Gasteiger partial charge is 0.408 e. The van der Waals surface area contributed by atoms with Gasteiger partial charge in [0.15, 0.2) is 0 Å². The molecule has 0 saturated carbocycles. The number of carboxylic acid groups (broad SMARTS) is 2. The van der Waals surface area contributed by atoms with E-state index in [1.807, 2.05) is 36.4 Å². The highest BCUT2D eigenvalue weighted by molar-refractivity contribution is 6.99. The molecule has 2 atom stereocenters. The SMILES string of the molecule is CC(C)(C)[Si](O[C@@H]1C[C@H](C(=O)O)N(C(=O)O)C1)(c1ccccc1)c1ccccc1. The Morgan fingerprint density at radius 1 is 0.966 bits per heavy atom. The van der Waals surface area contributed by atoms with Gasteiger partial charge in [0, 0.05) is 13.0 Å². The first kappa shape index (κ1) is 21.1. The van der Waals surface area contributed by atoms with Crippen molar-refractivity contribution in [1.82, 2.24) is 4.90 Å². The van der Waals surface area contributed by atoms with Crippen LogP contribution in [0, 0.1) is 0 Å². The number of amides is 1. The molecule has 0 aromatic heterocycles. The van der Waals surface area contributed by atoms with Gasteiger partial charge >= 0.3 is 12.1 Å². The molecular weight excluding hydrogens is 386 g/mol. The molecule has 1 amide bonds. The first-order chi connectivity index (χ1) is 13.7. The maximum atomic E-state index is 11.6. The Morgan fingerprint density at radius 2 is 1.45 bits per heavy atom. The Labute approximate surface area is 171 Å². The van der Waals surface area contributed by atoms with Gasteiger partial charge in [0.2, 0.25) is 0 Å². The molecule has 3 rings (SSSR count). The first-order valence-corrected chi connectivity index (χ1v) is 11.6. The summed E-state index contributed by atoms with van der Waals surface area (Å²) in [6, 6.07) is 19.0. The lowest BCUT2D eigenvalue weighted by molar-refractivity contribution is -0.141. The average Bonchev–Trinajstić information content (AvgIpc) is 3.11. The predicted molar refractivity (Wildman–Crippen MR) is 113 cm³/mol. The van der Waals surface area contributed by atoms with Crippen LogP contribution in [-0.2, 0) is 9.22 Å². The summed E-state index contributed by atoms with van der Waals surface area (Å²) < 4.78 is 6.87. The fourth-order valence-electron chi connectivity index (χ4n) is 4.27. The lowest BCUT2D eigenvalue weighted by Gasteiger charge is -2.44. The summed E-state index contributed by atoms with van der Waals surface area (Å²) >= 11 is 0. The van der Waals surface area contributed by atoms with Gasteiger partial charge in [0.1, 0.15) is 6.04 Å². The largest absolute Gasteiger partial charge is 0.480 e. The first-order valence-electron chi connectivity index (χ1n) is 9.68. The summed E-state index contributed by atoms with van der Waals surface area (Å²) in [6.07, 6.45) is -1.57. The summed E-state index contributed by atoms with van der Waals surface area (Å²) in [4.78, 5) is 24.2. The Morgan fingerprint density at radius 3 is 1.79 bits per heavy atom. The summed E-state index contributed by atoms with van der Waals surface area (Å²) in [5.41, 5.74) is 0. The van der Waals surface area contributed by atoms with Crippen molar-refractivity contribution in [2.75, 3.05) is 6.54 Å². The normalized spacial score (nSPS) is 19.9. The van der Waals surface area contributed by atoms with Crippen molar-refractivity contribution in [1.29, 1.82) is 0 Å². The zero-order chi connectivity index (χ0) is 21.2. The van der Waals surface area contributed by atoms with Crippen LogP contribution in [0.2, 0.25) is 5.04 Å². The molecule has 6 nitrogen and oxygen atoms in total. The fourth-order valence-corrected chi connectivity index (χ4v) is 8.96. The van der Waals surface area contributed by atoms with E-state index in [9.17, 15) is 19.8 Å². The molecule has 0 unspecified atom stereocenters. The number of nitrogens with zero attached hydrogens (tertiary/aromatic N) is 1. The van der Waals surface area contributed by atoms with Gasteiger partial charge in [-0.15, -0.1) is 0 Å². The van der Waals surface area contributed by atoms with Crippen LogP contribution in [0.15, 0.2) is 60.7 Å². The molecule has 1 aliphatic rings. The van der Waals surface area contributed by atoms with Crippen LogP contribution in [0.3, 0.4) is 0 Å². The van der Waals surface area contributed by atoms with Crippen LogP contribution in [-0.4, -0.2) is 54.2 Å². The third kappa shape index (κ3) is 3.93. The quantitative estimate of drug-likeness (QED) is 0.736. The van der Waals surface area contributed by atoms with Gasteiger partial charge in [0.05, 0.1) is 6.10 Å². The van der Waals surface area contributed by atoms with Gasteiger partial charge in [-0.1, -0.05) is 81.4 Å². The molecule has 0 spiro atoms. The van der Waals surface area contributed by atoms with Crippen LogP contribution in [0.4, 0.5) is 4.79 Å². The van der Waals surface area contributed by atoms with Crippen molar-refractivity contribution in [2.24, 2.45) is 0 Å². The van der Waals surface area contributed by atoms with E-state index in [1.165, 1.54) is 0 Å². The Bertz CT molecular complexity index is 804. The van der Waals surface area contributed by atoms with Gasteiger partial charge in [-0.25, -0.2) is 9.59 Å². The third-order valence-corrected chi connectivity index (χ3v) is 10.6. The van der Waals surface area contributed by atoms with Crippen LogP contribution < -0.4 is 10.4 Å². The van der Waals surface area contributed by atoms with E-state index < -0.39 is 32.5 Å². The van der Waals surface area contributed by atoms with Gasteiger partial charge in [-0.3, -0.25) is 4.90 Å².